The van der Waals surface area contributed by atoms with Crippen LogP contribution in [-0.4, -0.2) is 110 Å². The van der Waals surface area contributed by atoms with Gasteiger partial charge in [0.15, 0.2) is 0 Å². The lowest BCUT2D eigenvalue weighted by molar-refractivity contribution is -0.255. The van der Waals surface area contributed by atoms with Gasteiger partial charge in [0.25, 0.3) is 0 Å². The van der Waals surface area contributed by atoms with Gasteiger partial charge in [-0.3, -0.25) is 9.69 Å². The monoisotopic (exact) mass is 764 g/mol. The van der Waals surface area contributed by atoms with Gasteiger partial charge in [0.05, 0.1) is 45.2 Å². The maximum Gasteiger partial charge on any atom is 0.410 e. The number of benzene rings is 2. The zero-order chi connectivity index (χ0) is 39.2. The summed E-state index contributed by atoms with van der Waals surface area (Å²) >= 11 is 0. The Hall–Kier alpha value is -4.27. The first kappa shape index (κ1) is 41.9. The molecule has 55 heavy (non-hydrogen) atoms. The molecule has 0 spiro atoms. The van der Waals surface area contributed by atoms with Crippen LogP contribution in [0, 0.1) is 17.8 Å². The highest BCUT2D eigenvalue weighted by molar-refractivity contribution is 6.03. The van der Waals surface area contributed by atoms with Crippen LogP contribution in [0.4, 0.5) is 4.79 Å². The topological polar surface area (TPSA) is 166 Å². The van der Waals surface area contributed by atoms with Gasteiger partial charge in [0.2, 0.25) is 5.79 Å². The molecule has 6 atom stereocenters. The SMILES string of the molecule is C=CCO[C@@]12Oc3ccc(Oc4cccc(C=O)c4)cc3[C@H]3[C@H](CCCCO)[C@@H](CCCCO)C=C(C(=NOCC)C[C@@H]1N(CCOCCO)C(=O)OC)[C@H]32. The third kappa shape index (κ3) is 9.58. The first-order valence-electron chi connectivity index (χ1n) is 19.4. The quantitative estimate of drug-likeness (QED) is 0.0556. The Morgan fingerprint density at radius 1 is 1.04 bits per heavy atom. The summed E-state index contributed by atoms with van der Waals surface area (Å²) in [5.41, 5.74) is 2.95. The van der Waals surface area contributed by atoms with Crippen LogP contribution >= 0.6 is 0 Å². The second-order valence-corrected chi connectivity index (χ2v) is 14.0. The van der Waals surface area contributed by atoms with E-state index < -0.39 is 23.8 Å². The number of carbonyl (C=O) groups excluding carboxylic acids is 2. The molecule has 2 aromatic carbocycles. The number of fused-ring (bicyclic) bond motifs is 2. The average Bonchev–Trinajstić information content (AvgIpc) is 3.20. The number of aldehydes is 1. The van der Waals surface area contributed by atoms with Crippen LogP contribution in [0.15, 0.2) is 71.9 Å². The predicted molar refractivity (Wildman–Crippen MR) is 206 cm³/mol. The summed E-state index contributed by atoms with van der Waals surface area (Å²) in [4.78, 5) is 32.7. The summed E-state index contributed by atoms with van der Waals surface area (Å²) in [5, 5.41) is 33.7. The summed E-state index contributed by atoms with van der Waals surface area (Å²) in [5.74, 6) is -0.505. The summed E-state index contributed by atoms with van der Waals surface area (Å²) in [6, 6.07) is 11.8. The molecule has 2 aliphatic carbocycles. The van der Waals surface area contributed by atoms with Gasteiger partial charge in [0, 0.05) is 43.2 Å². The fourth-order valence-corrected chi connectivity index (χ4v) is 8.46. The highest BCUT2D eigenvalue weighted by Crippen LogP contribution is 2.62. The van der Waals surface area contributed by atoms with Gasteiger partial charge in [-0.05, 0) is 80.3 Å². The summed E-state index contributed by atoms with van der Waals surface area (Å²) in [6.07, 6.45) is 8.77. The van der Waals surface area contributed by atoms with Crippen LogP contribution in [0.5, 0.6) is 17.2 Å². The van der Waals surface area contributed by atoms with Crippen LogP contribution in [-0.2, 0) is 19.0 Å². The maximum absolute atomic E-state index is 13.8. The Balaban J connectivity index is 1.75. The number of unbranched alkanes of at least 4 members (excludes halogenated alkanes) is 2. The Kier molecular flexibility index (Phi) is 15.7. The lowest BCUT2D eigenvalue weighted by Crippen LogP contribution is -2.70. The molecule has 0 radical (unpaired) electrons. The smallest absolute Gasteiger partial charge is 0.410 e. The number of methoxy groups -OCH3 is 1. The van der Waals surface area contributed by atoms with Crippen molar-refractivity contribution in [2.75, 3.05) is 59.9 Å². The number of hydrogen-bond donors (Lipinski definition) is 3. The minimum Gasteiger partial charge on any atom is -0.459 e. The van der Waals surface area contributed by atoms with Crippen molar-refractivity contribution in [2.45, 2.75) is 69.6 Å². The average molecular weight is 765 g/mol. The first-order valence-corrected chi connectivity index (χ1v) is 19.4. The molecule has 2 aromatic rings. The molecular weight excluding hydrogens is 708 g/mol. The van der Waals surface area contributed by atoms with Crippen molar-refractivity contribution in [1.29, 1.82) is 0 Å². The van der Waals surface area contributed by atoms with Crippen molar-refractivity contribution in [3.05, 3.63) is 77.9 Å². The molecule has 0 saturated heterocycles. The van der Waals surface area contributed by atoms with Crippen LogP contribution in [0.25, 0.3) is 0 Å². The fourth-order valence-electron chi connectivity index (χ4n) is 8.46. The van der Waals surface area contributed by atoms with Gasteiger partial charge in [-0.2, -0.15) is 0 Å². The molecule has 5 rings (SSSR count). The maximum atomic E-state index is 13.8. The van der Waals surface area contributed by atoms with Crippen LogP contribution < -0.4 is 9.47 Å². The summed E-state index contributed by atoms with van der Waals surface area (Å²) in [6.45, 7) is 6.60. The van der Waals surface area contributed by atoms with Gasteiger partial charge in [-0.15, -0.1) is 6.58 Å². The van der Waals surface area contributed by atoms with Crippen molar-refractivity contribution >= 4 is 18.1 Å². The number of aliphatic hydroxyl groups is 3. The number of rotatable bonds is 22. The molecule has 1 amide bonds. The molecule has 1 heterocycles. The zero-order valence-corrected chi connectivity index (χ0v) is 32.0. The fraction of sp³-hybridized carbons (Fsp3) is 0.548. The van der Waals surface area contributed by atoms with E-state index in [0.717, 1.165) is 43.1 Å². The molecule has 0 bridgehead atoms. The minimum atomic E-state index is -1.46. The van der Waals surface area contributed by atoms with Gasteiger partial charge in [-0.25, -0.2) is 4.79 Å². The molecule has 1 saturated carbocycles. The van der Waals surface area contributed by atoms with Crippen LogP contribution in [0.2, 0.25) is 0 Å². The van der Waals surface area contributed by atoms with Crippen LogP contribution in [0.3, 0.4) is 0 Å². The van der Waals surface area contributed by atoms with E-state index in [1.165, 1.54) is 7.11 Å². The Morgan fingerprint density at radius 2 is 1.82 bits per heavy atom. The van der Waals surface area contributed by atoms with Crippen LogP contribution in [0.1, 0.15) is 73.7 Å². The van der Waals surface area contributed by atoms with E-state index in [1.54, 1.807) is 35.2 Å². The van der Waals surface area contributed by atoms with Gasteiger partial charge in [0.1, 0.15) is 36.2 Å². The number of nitrogens with zero attached hydrogens (tertiary/aromatic N) is 2. The van der Waals surface area contributed by atoms with E-state index in [2.05, 4.69) is 17.8 Å². The van der Waals surface area contributed by atoms with E-state index in [1.807, 2.05) is 25.1 Å². The summed E-state index contributed by atoms with van der Waals surface area (Å²) in [7, 11) is 1.32. The molecule has 300 valence electrons. The first-order chi connectivity index (χ1) is 26.9. The zero-order valence-electron chi connectivity index (χ0n) is 32.0. The lowest BCUT2D eigenvalue weighted by Gasteiger charge is -2.59. The van der Waals surface area contributed by atoms with E-state index in [-0.39, 0.29) is 70.4 Å². The number of oxime groups is 1. The van der Waals surface area contributed by atoms with Gasteiger partial charge >= 0.3 is 6.09 Å². The van der Waals surface area contributed by atoms with E-state index in [0.29, 0.717) is 48.0 Å². The number of carbonyl (C=O) groups is 2. The highest BCUT2D eigenvalue weighted by atomic mass is 16.7. The molecule has 13 nitrogen and oxygen atoms in total. The lowest BCUT2D eigenvalue weighted by atomic mass is 9.55. The predicted octanol–water partition coefficient (Wildman–Crippen LogP) is 6.02. The molecule has 3 N–H and O–H groups in total. The number of ether oxygens (including phenoxy) is 5. The third-order valence-corrected chi connectivity index (χ3v) is 10.7. The molecule has 1 fully saturated rings. The Bertz CT molecular complexity index is 1650. The third-order valence-electron chi connectivity index (χ3n) is 10.7. The van der Waals surface area contributed by atoms with Crippen molar-refractivity contribution in [3.63, 3.8) is 0 Å². The standard InChI is InChI=1S/C42H56N2O11/c1-4-21-52-42-38(44(41(49)50-3)17-22-51-23-20-47)27-36(43-53-5-2)34-25-30(12-6-8-18-45)33(14-7-9-19-46)39(40(34)42)35-26-32(15-16-37(35)55-42)54-31-13-10-11-29(24-31)28-48/h4,10-11,13,15-16,24-26,28,30,33,38-40,45-47H,1,5-9,12,14,17-23,27H2,2-3H3/t30-,33+,38-,39+,40+,42+/m0/s1. The molecule has 0 aromatic heterocycles. The number of amides is 1. The largest absolute Gasteiger partial charge is 0.459 e. The van der Waals surface area contributed by atoms with Crippen molar-refractivity contribution in [2.24, 2.45) is 22.9 Å². The minimum absolute atomic E-state index is 0.0218. The van der Waals surface area contributed by atoms with Crippen molar-refractivity contribution < 1.29 is 53.4 Å². The number of aliphatic hydroxyl groups excluding tert-OH is 3. The Labute approximate surface area is 323 Å². The highest BCUT2D eigenvalue weighted by Gasteiger charge is 2.65. The van der Waals surface area contributed by atoms with E-state index in [9.17, 15) is 24.9 Å². The van der Waals surface area contributed by atoms with Crippen molar-refractivity contribution in [1.82, 2.24) is 4.90 Å². The second-order valence-electron chi connectivity index (χ2n) is 14.0. The molecule has 13 heteroatoms. The Morgan fingerprint density at radius 3 is 2.53 bits per heavy atom. The summed E-state index contributed by atoms with van der Waals surface area (Å²) < 4.78 is 31.4. The number of allylic oxidation sites excluding steroid dienone is 1. The molecule has 0 unspecified atom stereocenters. The molecular formula is C42H56N2O11. The van der Waals surface area contributed by atoms with Gasteiger partial charge in [-0.1, -0.05) is 42.3 Å². The number of hydrogen-bond acceptors (Lipinski definition) is 12. The molecule has 3 aliphatic rings. The molecule has 1 aliphatic heterocycles. The normalized spacial score (nSPS) is 24.5. The second kappa shape index (κ2) is 20.6. The van der Waals surface area contributed by atoms with E-state index in [4.69, 9.17) is 28.5 Å². The van der Waals surface area contributed by atoms with E-state index >= 15 is 0 Å². The van der Waals surface area contributed by atoms with Gasteiger partial charge < -0.3 is 43.8 Å². The van der Waals surface area contributed by atoms with Crippen molar-refractivity contribution in [3.8, 4) is 17.2 Å².